The Bertz CT molecular complexity index is 942. The van der Waals surface area contributed by atoms with Crippen LogP contribution in [0.25, 0.3) is 0 Å². The maximum atomic E-state index is 12.9. The van der Waals surface area contributed by atoms with Gasteiger partial charge in [-0.15, -0.1) is 0 Å². The fourth-order valence-corrected chi connectivity index (χ4v) is 3.23. The van der Waals surface area contributed by atoms with Crippen molar-refractivity contribution in [2.75, 3.05) is 16.8 Å². The molecule has 3 rings (SSSR count). The van der Waals surface area contributed by atoms with Crippen molar-refractivity contribution >= 4 is 29.2 Å². The predicted molar refractivity (Wildman–Crippen MR) is 107 cm³/mol. The Morgan fingerprint density at radius 2 is 1.86 bits per heavy atom. The first-order chi connectivity index (χ1) is 13.8. The normalized spacial score (nSPS) is 17.2. The number of ether oxygens (including phenoxy) is 1. The highest BCUT2D eigenvalue weighted by Crippen LogP contribution is 2.30. The van der Waals surface area contributed by atoms with Crippen LogP contribution in [-0.4, -0.2) is 30.4 Å². The lowest BCUT2D eigenvalue weighted by atomic mass is 10.1. The average molecular weight is 398 g/mol. The molecule has 0 saturated carbocycles. The minimum absolute atomic E-state index is 0.0402. The monoisotopic (exact) mass is 398 g/mol. The van der Waals surface area contributed by atoms with Crippen molar-refractivity contribution in [3.05, 3.63) is 59.4 Å². The number of benzene rings is 2. The molecule has 29 heavy (non-hydrogen) atoms. The molecule has 1 fully saturated rings. The Balaban J connectivity index is 1.60. The lowest BCUT2D eigenvalue weighted by molar-refractivity contribution is -0.157. The van der Waals surface area contributed by atoms with Gasteiger partial charge in [-0.25, -0.2) is 4.39 Å². The number of rotatable bonds is 5. The van der Waals surface area contributed by atoms with E-state index in [9.17, 15) is 18.8 Å². The van der Waals surface area contributed by atoms with Crippen molar-refractivity contribution in [1.82, 2.24) is 0 Å². The minimum atomic E-state index is -1.04. The highest BCUT2D eigenvalue weighted by atomic mass is 19.1. The maximum absolute atomic E-state index is 12.9. The third-order valence-electron chi connectivity index (χ3n) is 5.10. The van der Waals surface area contributed by atoms with E-state index in [-0.39, 0.29) is 18.9 Å². The third-order valence-corrected chi connectivity index (χ3v) is 5.10. The minimum Gasteiger partial charge on any atom is -0.452 e. The number of aryl methyl sites for hydroxylation is 1. The molecule has 6 nitrogen and oxygen atoms in total. The fourth-order valence-electron chi connectivity index (χ4n) is 3.23. The predicted octanol–water partition coefficient (Wildman–Crippen LogP) is 3.37. The summed E-state index contributed by atoms with van der Waals surface area (Å²) in [6.07, 6.45) is -1.00. The molecule has 0 radical (unpaired) electrons. The van der Waals surface area contributed by atoms with Gasteiger partial charge in [-0.05, 0) is 62.2 Å². The number of amides is 2. The molecule has 2 aromatic carbocycles. The molecule has 152 valence electrons. The van der Waals surface area contributed by atoms with Gasteiger partial charge in [0.05, 0.1) is 5.92 Å². The lowest BCUT2D eigenvalue weighted by Gasteiger charge is -2.20. The topological polar surface area (TPSA) is 75.7 Å². The summed E-state index contributed by atoms with van der Waals surface area (Å²) in [4.78, 5) is 38.8. The van der Waals surface area contributed by atoms with Crippen LogP contribution in [0.4, 0.5) is 15.8 Å². The molecule has 1 N–H and O–H groups in total. The van der Waals surface area contributed by atoms with E-state index in [0.717, 1.165) is 16.8 Å². The first-order valence-electron chi connectivity index (χ1n) is 9.39. The molecule has 2 aromatic rings. The molecule has 7 heteroatoms. The van der Waals surface area contributed by atoms with Gasteiger partial charge in [-0.2, -0.15) is 0 Å². The van der Waals surface area contributed by atoms with Crippen LogP contribution < -0.4 is 10.2 Å². The molecule has 0 bridgehead atoms. The summed E-state index contributed by atoms with van der Waals surface area (Å²) in [6, 6.07) is 11.0. The molecule has 1 heterocycles. The number of hydrogen-bond acceptors (Lipinski definition) is 4. The zero-order valence-electron chi connectivity index (χ0n) is 16.6. The van der Waals surface area contributed by atoms with E-state index >= 15 is 0 Å². The van der Waals surface area contributed by atoms with Gasteiger partial charge < -0.3 is 15.0 Å². The van der Waals surface area contributed by atoms with Crippen molar-refractivity contribution in [3.8, 4) is 0 Å². The van der Waals surface area contributed by atoms with E-state index in [0.29, 0.717) is 5.69 Å². The molecule has 1 saturated heterocycles. The molecule has 0 aliphatic carbocycles. The lowest BCUT2D eigenvalue weighted by Crippen LogP contribution is -2.33. The number of anilines is 2. The van der Waals surface area contributed by atoms with Crippen LogP contribution in [0.5, 0.6) is 0 Å². The molecule has 0 spiro atoms. The van der Waals surface area contributed by atoms with Crippen LogP contribution in [0.2, 0.25) is 0 Å². The van der Waals surface area contributed by atoms with Gasteiger partial charge in [-0.3, -0.25) is 14.4 Å². The standard InChI is InChI=1S/C22H23FN2O4/c1-13-5-4-6-19(14(13)2)25-12-16(11-20(25)26)22(28)29-15(3)21(27)24-18-9-7-17(23)8-10-18/h4-10,15-16H,11-12H2,1-3H3,(H,24,27)/t15-,16+/m0/s1. The summed E-state index contributed by atoms with van der Waals surface area (Å²) in [5.41, 5.74) is 3.23. The number of carbonyl (C=O) groups excluding carboxylic acids is 3. The first kappa shape index (κ1) is 20.5. The summed E-state index contributed by atoms with van der Waals surface area (Å²) < 4.78 is 18.2. The quantitative estimate of drug-likeness (QED) is 0.784. The van der Waals surface area contributed by atoms with E-state index in [4.69, 9.17) is 4.74 Å². The largest absolute Gasteiger partial charge is 0.452 e. The van der Waals surface area contributed by atoms with Crippen LogP contribution in [0.15, 0.2) is 42.5 Å². The number of nitrogens with zero attached hydrogens (tertiary/aromatic N) is 1. The van der Waals surface area contributed by atoms with Crippen molar-refractivity contribution < 1.29 is 23.5 Å². The van der Waals surface area contributed by atoms with Gasteiger partial charge in [0.2, 0.25) is 5.91 Å². The fraction of sp³-hybridized carbons (Fsp3) is 0.318. The summed E-state index contributed by atoms with van der Waals surface area (Å²) in [7, 11) is 0. The van der Waals surface area contributed by atoms with Crippen LogP contribution >= 0.6 is 0 Å². The Hall–Kier alpha value is -3.22. The number of esters is 1. The smallest absolute Gasteiger partial charge is 0.312 e. The Kier molecular flexibility index (Phi) is 5.96. The van der Waals surface area contributed by atoms with Crippen LogP contribution in [0, 0.1) is 25.6 Å². The van der Waals surface area contributed by atoms with Gasteiger partial charge in [0.15, 0.2) is 6.10 Å². The highest BCUT2D eigenvalue weighted by Gasteiger charge is 2.37. The molecule has 2 amide bonds. The number of nitrogens with one attached hydrogen (secondary N) is 1. The molecule has 0 aromatic heterocycles. The van der Waals surface area contributed by atoms with Crippen LogP contribution in [0.3, 0.4) is 0 Å². The van der Waals surface area contributed by atoms with Gasteiger partial charge in [0.1, 0.15) is 5.82 Å². The zero-order valence-corrected chi connectivity index (χ0v) is 16.6. The van der Waals surface area contributed by atoms with Crippen LogP contribution in [0.1, 0.15) is 24.5 Å². The van der Waals surface area contributed by atoms with Crippen molar-refractivity contribution in [3.63, 3.8) is 0 Å². The summed E-state index contributed by atoms with van der Waals surface area (Å²) in [6.45, 7) is 5.57. The average Bonchev–Trinajstić information content (AvgIpc) is 3.07. The van der Waals surface area contributed by atoms with Crippen molar-refractivity contribution in [2.45, 2.75) is 33.3 Å². The van der Waals surface area contributed by atoms with Crippen molar-refractivity contribution in [1.29, 1.82) is 0 Å². The van der Waals surface area contributed by atoms with E-state index in [1.165, 1.54) is 31.2 Å². The SMILES string of the molecule is Cc1cccc(N2C[C@H](C(=O)O[C@@H](C)C(=O)Nc3ccc(F)cc3)CC2=O)c1C. The van der Waals surface area contributed by atoms with Gasteiger partial charge in [-0.1, -0.05) is 12.1 Å². The summed E-state index contributed by atoms with van der Waals surface area (Å²) in [5.74, 6) is -2.32. The van der Waals surface area contributed by atoms with E-state index in [2.05, 4.69) is 5.32 Å². The molecular weight excluding hydrogens is 375 g/mol. The Morgan fingerprint density at radius 3 is 2.55 bits per heavy atom. The summed E-state index contributed by atoms with van der Waals surface area (Å²) in [5, 5.41) is 2.56. The van der Waals surface area contributed by atoms with Crippen molar-refractivity contribution in [2.24, 2.45) is 5.92 Å². The van der Waals surface area contributed by atoms with Gasteiger partial charge in [0, 0.05) is 24.3 Å². The molecular formula is C22H23FN2O4. The highest BCUT2D eigenvalue weighted by molar-refractivity contribution is 6.01. The second-order valence-corrected chi connectivity index (χ2v) is 7.20. The number of hydrogen-bond donors (Lipinski definition) is 1. The molecule has 1 aliphatic rings. The Morgan fingerprint density at radius 1 is 1.17 bits per heavy atom. The second kappa shape index (κ2) is 8.43. The van der Waals surface area contributed by atoms with Gasteiger partial charge in [0.25, 0.3) is 5.91 Å². The third kappa shape index (κ3) is 4.62. The summed E-state index contributed by atoms with van der Waals surface area (Å²) >= 11 is 0. The zero-order chi connectivity index (χ0) is 21.1. The number of carbonyl (C=O) groups is 3. The first-order valence-corrected chi connectivity index (χ1v) is 9.39. The molecule has 1 aliphatic heterocycles. The Labute approximate surface area is 168 Å². The van der Waals surface area contributed by atoms with Crippen LogP contribution in [-0.2, 0) is 19.1 Å². The van der Waals surface area contributed by atoms with Gasteiger partial charge >= 0.3 is 5.97 Å². The van der Waals surface area contributed by atoms with E-state index in [1.807, 2.05) is 32.0 Å². The number of halogens is 1. The molecule has 2 atom stereocenters. The maximum Gasteiger partial charge on any atom is 0.312 e. The van der Waals surface area contributed by atoms with E-state index < -0.39 is 29.7 Å². The van der Waals surface area contributed by atoms with E-state index in [1.54, 1.807) is 4.90 Å². The second-order valence-electron chi connectivity index (χ2n) is 7.20. The molecule has 0 unspecified atom stereocenters.